The molecule has 72 valence electrons. The Morgan fingerprint density at radius 3 is 1.09 bits per heavy atom. The summed E-state index contributed by atoms with van der Waals surface area (Å²) in [7, 11) is -2.48. The summed E-state index contributed by atoms with van der Waals surface area (Å²) in [6, 6.07) is 0. The van der Waals surface area contributed by atoms with Crippen molar-refractivity contribution in [2.45, 2.75) is 40.5 Å². The molecule has 0 atom stereocenters. The van der Waals surface area contributed by atoms with Crippen LogP contribution in [-0.4, -0.2) is 0 Å². The fourth-order valence-electron chi connectivity index (χ4n) is 0.0227. The Morgan fingerprint density at radius 1 is 0.909 bits per heavy atom. The maximum atomic E-state index is 9.21. The largest absolute Gasteiger partial charge is 0.299 e. The summed E-state index contributed by atoms with van der Waals surface area (Å²) in [5.74, 6) is 0. The fourth-order valence-corrected chi connectivity index (χ4v) is 0.204. The second-order valence-electron chi connectivity index (χ2n) is 1.74. The lowest BCUT2D eigenvalue weighted by atomic mass is 10.6. The standard InChI is InChI=1S/2C3H8.H4O3P2/c2*1-3-2;1-4-3-5-2/h2*3H2,1-2H3;4-5H2. The van der Waals surface area contributed by atoms with Crippen molar-refractivity contribution in [3.63, 3.8) is 0 Å². The van der Waals surface area contributed by atoms with Crippen molar-refractivity contribution in [3.05, 3.63) is 0 Å². The van der Waals surface area contributed by atoms with Crippen LogP contribution in [0.15, 0.2) is 0 Å². The van der Waals surface area contributed by atoms with Gasteiger partial charge in [-0.1, -0.05) is 40.5 Å². The maximum absolute atomic E-state index is 9.21. The highest BCUT2D eigenvalue weighted by Gasteiger charge is 1.55. The van der Waals surface area contributed by atoms with E-state index in [0.29, 0.717) is 0 Å². The average molecular weight is 202 g/mol. The van der Waals surface area contributed by atoms with Crippen LogP contribution in [0.5, 0.6) is 0 Å². The van der Waals surface area contributed by atoms with Crippen LogP contribution < -0.4 is 0 Å². The molecule has 0 aliphatic rings. The lowest BCUT2D eigenvalue weighted by Crippen LogP contribution is -1.27. The molecule has 0 rings (SSSR count). The SMILES string of the molecule is CCC.CCC.O=[PH2]O[PH2]=O. The molecule has 0 bridgehead atoms. The summed E-state index contributed by atoms with van der Waals surface area (Å²) in [5, 5.41) is 0. The Morgan fingerprint density at radius 2 is 1.09 bits per heavy atom. The Balaban J connectivity index is -0.0000000933. The van der Waals surface area contributed by atoms with Gasteiger partial charge in [-0.15, -0.1) is 0 Å². The van der Waals surface area contributed by atoms with Gasteiger partial charge in [0.1, 0.15) is 0 Å². The van der Waals surface area contributed by atoms with Crippen LogP contribution in [0, 0.1) is 0 Å². The van der Waals surface area contributed by atoms with Gasteiger partial charge in [-0.05, 0) is 0 Å². The number of hydrogen-bond donors (Lipinski definition) is 0. The van der Waals surface area contributed by atoms with E-state index in [1.807, 2.05) is 0 Å². The molecule has 0 N–H and O–H groups in total. The van der Waals surface area contributed by atoms with Gasteiger partial charge in [0.2, 0.25) is 0 Å². The molecule has 0 aliphatic heterocycles. The monoisotopic (exact) mass is 202 g/mol. The van der Waals surface area contributed by atoms with Crippen molar-refractivity contribution in [2.24, 2.45) is 0 Å². The first-order valence-electron chi connectivity index (χ1n) is 3.77. The quantitative estimate of drug-likeness (QED) is 0.646. The molecule has 0 spiro atoms. The summed E-state index contributed by atoms with van der Waals surface area (Å²) in [4.78, 5) is 0. The van der Waals surface area contributed by atoms with Crippen LogP contribution in [0.3, 0.4) is 0 Å². The summed E-state index contributed by atoms with van der Waals surface area (Å²) in [6.07, 6.45) is 2.50. The van der Waals surface area contributed by atoms with Gasteiger partial charge < -0.3 is 0 Å². The van der Waals surface area contributed by atoms with Gasteiger partial charge in [-0.2, -0.15) is 0 Å². The van der Waals surface area contributed by atoms with Crippen LogP contribution >= 0.6 is 17.4 Å². The van der Waals surface area contributed by atoms with Crippen molar-refractivity contribution in [3.8, 4) is 0 Å². The molecule has 0 unspecified atom stereocenters. The Kier molecular flexibility index (Phi) is 50.0. The van der Waals surface area contributed by atoms with Gasteiger partial charge >= 0.3 is 0 Å². The molecule has 0 saturated carbocycles. The first-order valence-corrected chi connectivity index (χ1v) is 5.66. The minimum absolute atomic E-state index is 1.24. The molecular weight excluding hydrogens is 182 g/mol. The minimum atomic E-state index is -1.24. The van der Waals surface area contributed by atoms with Crippen LogP contribution in [-0.2, 0) is 13.4 Å². The molecule has 0 fully saturated rings. The van der Waals surface area contributed by atoms with Gasteiger partial charge in [0, 0.05) is 0 Å². The van der Waals surface area contributed by atoms with E-state index in [0.717, 1.165) is 0 Å². The highest BCUT2D eigenvalue weighted by molar-refractivity contribution is 7.32. The lowest BCUT2D eigenvalue weighted by Gasteiger charge is -1.65. The minimum Gasteiger partial charge on any atom is -0.299 e. The third-order valence-electron chi connectivity index (χ3n) is 0.111. The summed E-state index contributed by atoms with van der Waals surface area (Å²) in [6.45, 7) is 8.50. The van der Waals surface area contributed by atoms with E-state index in [1.165, 1.54) is 12.8 Å². The van der Waals surface area contributed by atoms with Crippen molar-refractivity contribution in [2.75, 3.05) is 0 Å². The van der Waals surface area contributed by atoms with Crippen LogP contribution in [0.25, 0.3) is 0 Å². The topological polar surface area (TPSA) is 43.4 Å². The third kappa shape index (κ3) is 126. The average Bonchev–Trinajstić information content (AvgIpc) is 1.92. The first-order chi connectivity index (χ1) is 5.24. The zero-order valence-corrected chi connectivity index (χ0v) is 10.1. The first kappa shape index (κ1) is 17.5. The van der Waals surface area contributed by atoms with Gasteiger partial charge in [-0.3, -0.25) is 13.4 Å². The third-order valence-corrected chi connectivity index (χ3v) is 1.00. The summed E-state index contributed by atoms with van der Waals surface area (Å²) < 4.78 is 22.3. The molecule has 0 aromatic rings. The predicted octanol–water partition coefficient (Wildman–Crippen LogP) is 3.18. The molecule has 3 nitrogen and oxygen atoms in total. The lowest BCUT2D eigenvalue weighted by molar-refractivity contribution is 0.516. The Bertz CT molecular complexity index is 60.8. The molecule has 0 aromatic carbocycles. The zero-order chi connectivity index (χ0) is 9.54. The second-order valence-corrected chi connectivity index (χ2v) is 3.22. The molecule has 0 saturated heterocycles. The highest BCUT2D eigenvalue weighted by Crippen LogP contribution is 2.04. The molecule has 5 heteroatoms. The van der Waals surface area contributed by atoms with E-state index in [2.05, 4.69) is 32.0 Å². The van der Waals surface area contributed by atoms with Gasteiger partial charge in [0.25, 0.3) is 0 Å². The van der Waals surface area contributed by atoms with Gasteiger partial charge in [-0.25, -0.2) is 0 Å². The van der Waals surface area contributed by atoms with E-state index in [9.17, 15) is 9.13 Å². The van der Waals surface area contributed by atoms with Gasteiger partial charge in [0.05, 0.1) is 0 Å². The molecular formula is C6H20O3P2. The Labute approximate surface area is 72.1 Å². The van der Waals surface area contributed by atoms with Crippen molar-refractivity contribution in [1.82, 2.24) is 0 Å². The smallest absolute Gasteiger partial charge is 0.185 e. The van der Waals surface area contributed by atoms with Crippen molar-refractivity contribution < 1.29 is 13.4 Å². The summed E-state index contributed by atoms with van der Waals surface area (Å²) in [5.41, 5.74) is 0. The van der Waals surface area contributed by atoms with E-state index < -0.39 is 17.4 Å². The van der Waals surface area contributed by atoms with Crippen LogP contribution in [0.1, 0.15) is 40.5 Å². The number of hydrogen-bond acceptors (Lipinski definition) is 3. The molecule has 0 radical (unpaired) electrons. The zero-order valence-electron chi connectivity index (χ0n) is 7.79. The second kappa shape index (κ2) is 31.5. The van der Waals surface area contributed by atoms with E-state index in [-0.39, 0.29) is 0 Å². The van der Waals surface area contributed by atoms with Crippen LogP contribution in [0.2, 0.25) is 0 Å². The highest BCUT2D eigenvalue weighted by atomic mass is 31.1. The van der Waals surface area contributed by atoms with Crippen molar-refractivity contribution >= 4 is 17.4 Å². The number of rotatable bonds is 2. The molecule has 0 aliphatic carbocycles. The predicted molar refractivity (Wildman–Crippen MR) is 53.8 cm³/mol. The molecule has 0 aromatic heterocycles. The van der Waals surface area contributed by atoms with E-state index in [4.69, 9.17) is 0 Å². The molecule has 11 heavy (non-hydrogen) atoms. The van der Waals surface area contributed by atoms with E-state index >= 15 is 0 Å². The Hall–Kier alpha value is 0.420. The maximum Gasteiger partial charge on any atom is 0.185 e. The van der Waals surface area contributed by atoms with Crippen molar-refractivity contribution in [1.29, 1.82) is 0 Å². The van der Waals surface area contributed by atoms with Crippen LogP contribution in [0.4, 0.5) is 0 Å². The fraction of sp³-hybridized carbons (Fsp3) is 1.00. The normalized spacial score (nSPS) is 9.09. The molecule has 0 amide bonds. The molecule has 0 heterocycles. The summed E-state index contributed by atoms with van der Waals surface area (Å²) >= 11 is 0. The van der Waals surface area contributed by atoms with E-state index in [1.54, 1.807) is 0 Å². The van der Waals surface area contributed by atoms with Gasteiger partial charge in [0.15, 0.2) is 17.4 Å².